The van der Waals surface area contributed by atoms with E-state index in [1.54, 1.807) is 7.11 Å². The highest BCUT2D eigenvalue weighted by atomic mass is 79.9. The average Bonchev–Trinajstić information content (AvgIpc) is 2.46. The molecule has 0 aliphatic carbocycles. The highest BCUT2D eigenvalue weighted by molar-refractivity contribution is 9.10. The van der Waals surface area contributed by atoms with Crippen molar-refractivity contribution in [2.75, 3.05) is 20.2 Å². The smallest absolute Gasteiger partial charge is 0.133 e. The molecule has 1 aliphatic rings. The minimum Gasteiger partial charge on any atom is -0.496 e. The van der Waals surface area contributed by atoms with Crippen LogP contribution in [0.15, 0.2) is 46.9 Å². The number of nitrogens with one attached hydrogen (secondary N) is 1. The molecule has 4 heteroatoms. The lowest BCUT2D eigenvalue weighted by Gasteiger charge is -2.29. The summed E-state index contributed by atoms with van der Waals surface area (Å²) in [7, 11) is 1.69. The van der Waals surface area contributed by atoms with E-state index in [0.717, 1.165) is 29.1 Å². The molecule has 0 aromatic heterocycles. The molecule has 1 aliphatic heterocycles. The quantitative estimate of drug-likeness (QED) is 0.893. The standard InChI is InChI=1S/C17H18BrNO2/c1-20-17-7-14(13-9-19-10-13)16(8-15(17)18)21-11-12-5-3-2-4-6-12/h2-8,13,19H,9-11H2,1H3. The number of benzene rings is 2. The molecule has 1 heterocycles. The fourth-order valence-corrected chi connectivity index (χ4v) is 2.88. The predicted octanol–water partition coefficient (Wildman–Crippen LogP) is 3.72. The minimum atomic E-state index is 0.498. The predicted molar refractivity (Wildman–Crippen MR) is 87.1 cm³/mol. The fraction of sp³-hybridized carbons (Fsp3) is 0.294. The molecule has 21 heavy (non-hydrogen) atoms. The Bertz CT molecular complexity index is 612. The Labute approximate surface area is 133 Å². The first-order chi connectivity index (χ1) is 10.3. The second-order valence-corrected chi connectivity index (χ2v) is 6.01. The van der Waals surface area contributed by atoms with Crippen molar-refractivity contribution >= 4 is 15.9 Å². The van der Waals surface area contributed by atoms with Gasteiger partial charge in [0.1, 0.15) is 18.1 Å². The maximum atomic E-state index is 6.05. The highest BCUT2D eigenvalue weighted by Gasteiger charge is 2.24. The molecular weight excluding hydrogens is 330 g/mol. The third-order valence-corrected chi connectivity index (χ3v) is 4.36. The summed E-state index contributed by atoms with van der Waals surface area (Å²) in [4.78, 5) is 0. The lowest BCUT2D eigenvalue weighted by atomic mass is 9.92. The Kier molecular flexibility index (Phi) is 4.46. The number of hydrogen-bond acceptors (Lipinski definition) is 3. The van der Waals surface area contributed by atoms with Gasteiger partial charge in [0.2, 0.25) is 0 Å². The molecule has 0 spiro atoms. The minimum absolute atomic E-state index is 0.498. The Balaban J connectivity index is 1.84. The van der Waals surface area contributed by atoms with E-state index in [1.165, 1.54) is 11.1 Å². The molecule has 2 aromatic rings. The molecule has 0 unspecified atom stereocenters. The van der Waals surface area contributed by atoms with E-state index in [0.29, 0.717) is 12.5 Å². The van der Waals surface area contributed by atoms with E-state index < -0.39 is 0 Å². The zero-order valence-electron chi connectivity index (χ0n) is 11.9. The van der Waals surface area contributed by atoms with E-state index in [1.807, 2.05) is 24.3 Å². The molecule has 0 amide bonds. The molecule has 1 N–H and O–H groups in total. The van der Waals surface area contributed by atoms with Gasteiger partial charge < -0.3 is 14.8 Å². The first kappa shape index (κ1) is 14.4. The topological polar surface area (TPSA) is 30.5 Å². The van der Waals surface area contributed by atoms with Gasteiger partial charge in [-0.3, -0.25) is 0 Å². The highest BCUT2D eigenvalue weighted by Crippen LogP contribution is 2.38. The van der Waals surface area contributed by atoms with Crippen LogP contribution in [0.4, 0.5) is 0 Å². The van der Waals surface area contributed by atoms with E-state index in [9.17, 15) is 0 Å². The van der Waals surface area contributed by atoms with Crippen LogP contribution >= 0.6 is 15.9 Å². The first-order valence-corrected chi connectivity index (χ1v) is 7.82. The van der Waals surface area contributed by atoms with Gasteiger partial charge in [-0.05, 0) is 33.6 Å². The van der Waals surface area contributed by atoms with E-state index in [4.69, 9.17) is 9.47 Å². The van der Waals surface area contributed by atoms with Crippen molar-refractivity contribution < 1.29 is 9.47 Å². The zero-order valence-corrected chi connectivity index (χ0v) is 13.5. The van der Waals surface area contributed by atoms with Gasteiger partial charge in [0, 0.05) is 24.6 Å². The van der Waals surface area contributed by atoms with Gasteiger partial charge >= 0.3 is 0 Å². The van der Waals surface area contributed by atoms with Crippen LogP contribution in [0.1, 0.15) is 17.0 Å². The largest absolute Gasteiger partial charge is 0.496 e. The van der Waals surface area contributed by atoms with Crippen LogP contribution in [-0.2, 0) is 6.61 Å². The van der Waals surface area contributed by atoms with Crippen molar-refractivity contribution in [1.82, 2.24) is 5.32 Å². The van der Waals surface area contributed by atoms with Gasteiger partial charge in [-0.15, -0.1) is 0 Å². The molecule has 0 radical (unpaired) electrons. The van der Waals surface area contributed by atoms with Crippen LogP contribution in [-0.4, -0.2) is 20.2 Å². The van der Waals surface area contributed by atoms with Crippen LogP contribution in [0.2, 0.25) is 0 Å². The van der Waals surface area contributed by atoms with Crippen molar-refractivity contribution in [3.63, 3.8) is 0 Å². The second kappa shape index (κ2) is 6.50. The van der Waals surface area contributed by atoms with E-state index in [2.05, 4.69) is 39.4 Å². The van der Waals surface area contributed by atoms with Crippen molar-refractivity contribution in [1.29, 1.82) is 0 Å². The first-order valence-electron chi connectivity index (χ1n) is 7.03. The van der Waals surface area contributed by atoms with Gasteiger partial charge in [-0.25, -0.2) is 0 Å². The summed E-state index contributed by atoms with van der Waals surface area (Å²) in [5.41, 5.74) is 2.38. The number of rotatable bonds is 5. The van der Waals surface area contributed by atoms with Crippen LogP contribution in [0.3, 0.4) is 0 Å². The lowest BCUT2D eigenvalue weighted by Crippen LogP contribution is -2.40. The number of hydrogen-bond donors (Lipinski definition) is 1. The third-order valence-electron chi connectivity index (χ3n) is 3.74. The number of methoxy groups -OCH3 is 1. The van der Waals surface area contributed by atoms with Crippen molar-refractivity contribution in [3.05, 3.63) is 58.1 Å². The molecule has 0 saturated carbocycles. The molecule has 3 rings (SSSR count). The van der Waals surface area contributed by atoms with Crippen molar-refractivity contribution in [3.8, 4) is 11.5 Å². The summed E-state index contributed by atoms with van der Waals surface area (Å²) in [6.45, 7) is 2.56. The summed E-state index contributed by atoms with van der Waals surface area (Å²) >= 11 is 3.54. The molecule has 1 fully saturated rings. The molecule has 0 atom stereocenters. The summed E-state index contributed by atoms with van der Waals surface area (Å²) in [6, 6.07) is 14.3. The summed E-state index contributed by atoms with van der Waals surface area (Å²) < 4.78 is 12.4. The summed E-state index contributed by atoms with van der Waals surface area (Å²) in [6.07, 6.45) is 0. The average molecular weight is 348 g/mol. The van der Waals surface area contributed by atoms with Crippen LogP contribution < -0.4 is 14.8 Å². The molecule has 110 valence electrons. The van der Waals surface area contributed by atoms with Crippen LogP contribution in [0.25, 0.3) is 0 Å². The lowest BCUT2D eigenvalue weighted by molar-refractivity contribution is 0.294. The number of halogens is 1. The van der Waals surface area contributed by atoms with Gasteiger partial charge in [-0.1, -0.05) is 30.3 Å². The fourth-order valence-electron chi connectivity index (χ4n) is 2.40. The molecule has 2 aromatic carbocycles. The van der Waals surface area contributed by atoms with Crippen molar-refractivity contribution in [2.45, 2.75) is 12.5 Å². The third kappa shape index (κ3) is 3.22. The van der Waals surface area contributed by atoms with Crippen LogP contribution in [0.5, 0.6) is 11.5 Å². The Morgan fingerprint density at radius 1 is 1.14 bits per heavy atom. The Morgan fingerprint density at radius 2 is 1.90 bits per heavy atom. The second-order valence-electron chi connectivity index (χ2n) is 5.15. The summed E-state index contributed by atoms with van der Waals surface area (Å²) in [5.74, 6) is 2.28. The van der Waals surface area contributed by atoms with Gasteiger partial charge in [-0.2, -0.15) is 0 Å². The molecule has 3 nitrogen and oxygen atoms in total. The molecular formula is C17H18BrNO2. The molecule has 0 bridgehead atoms. The maximum absolute atomic E-state index is 6.05. The van der Waals surface area contributed by atoms with Crippen LogP contribution in [0, 0.1) is 0 Å². The maximum Gasteiger partial charge on any atom is 0.133 e. The molecule has 1 saturated heterocycles. The van der Waals surface area contributed by atoms with E-state index >= 15 is 0 Å². The number of ether oxygens (including phenoxy) is 2. The summed E-state index contributed by atoms with van der Waals surface area (Å²) in [5, 5.41) is 3.30. The van der Waals surface area contributed by atoms with Gasteiger partial charge in [0.25, 0.3) is 0 Å². The zero-order chi connectivity index (χ0) is 14.7. The van der Waals surface area contributed by atoms with Crippen molar-refractivity contribution in [2.24, 2.45) is 0 Å². The monoisotopic (exact) mass is 347 g/mol. The van der Waals surface area contributed by atoms with Gasteiger partial charge in [0.15, 0.2) is 0 Å². The Hall–Kier alpha value is -1.52. The van der Waals surface area contributed by atoms with E-state index in [-0.39, 0.29) is 0 Å². The Morgan fingerprint density at radius 3 is 2.52 bits per heavy atom. The van der Waals surface area contributed by atoms with Gasteiger partial charge in [0.05, 0.1) is 11.6 Å². The normalized spacial score (nSPS) is 14.6. The SMILES string of the molecule is COc1cc(C2CNC2)c(OCc2ccccc2)cc1Br.